The maximum atomic E-state index is 12.9. The second-order valence-electron chi connectivity index (χ2n) is 22.0. The van der Waals surface area contributed by atoms with E-state index >= 15 is 0 Å². The van der Waals surface area contributed by atoms with E-state index in [0.717, 1.165) is 135 Å². The van der Waals surface area contributed by atoms with Gasteiger partial charge in [-0.2, -0.15) is 0 Å². The number of allylic oxidation sites excluding steroid dienone is 26. The standard InChI is InChI=1S/C77H124O6/c1-4-7-10-13-16-19-22-24-26-28-30-32-33-34-35-36-37-38-39-40-41-42-43-45-46-48-50-52-55-58-61-64-67-70-76(79)82-73-74(72-81-75(78)69-66-63-60-57-54-21-18-15-12-9-6-3)83-77(80)71-68-65-62-59-56-53-51-49-47-44-31-29-27-25-23-20-17-14-11-8-5-2/h7-8,10-11,16-17,19-20,24-27,30-32,34-35,37-38,40-41,44,49,51,56,59,74H,4-6,9,12-15,18,21-23,28-29,33,36,39,42-43,45-48,50,52-55,57-58,60-73H2,1-3H3/b10-7-,11-8-,19-16-,20-17-,26-24-,27-25-,32-30-,35-34-,38-37-,41-40-,44-31-,51-49-,59-56-. The minimum Gasteiger partial charge on any atom is -0.462 e. The van der Waals surface area contributed by atoms with Crippen molar-refractivity contribution in [3.63, 3.8) is 0 Å². The van der Waals surface area contributed by atoms with Crippen LogP contribution in [0.3, 0.4) is 0 Å². The van der Waals surface area contributed by atoms with Crippen LogP contribution in [0, 0.1) is 0 Å². The average Bonchev–Trinajstić information content (AvgIpc) is 3.48. The van der Waals surface area contributed by atoms with Crippen LogP contribution in [-0.4, -0.2) is 37.2 Å². The maximum Gasteiger partial charge on any atom is 0.306 e. The number of hydrogen-bond acceptors (Lipinski definition) is 6. The van der Waals surface area contributed by atoms with Crippen molar-refractivity contribution in [3.05, 3.63) is 158 Å². The van der Waals surface area contributed by atoms with Crippen LogP contribution in [0.25, 0.3) is 0 Å². The van der Waals surface area contributed by atoms with Gasteiger partial charge in [0, 0.05) is 19.3 Å². The zero-order valence-corrected chi connectivity index (χ0v) is 53.7. The Morgan fingerprint density at radius 3 is 0.759 bits per heavy atom. The number of esters is 3. The second kappa shape index (κ2) is 69.5. The zero-order chi connectivity index (χ0) is 59.9. The quantitative estimate of drug-likeness (QED) is 0.0261. The summed E-state index contributed by atoms with van der Waals surface area (Å²) in [5.74, 6) is -0.946. The molecule has 0 saturated heterocycles. The Morgan fingerprint density at radius 1 is 0.253 bits per heavy atom. The number of hydrogen-bond donors (Lipinski definition) is 0. The number of carbonyl (C=O) groups excluding carboxylic acids is 3. The lowest BCUT2D eigenvalue weighted by Crippen LogP contribution is -2.30. The summed E-state index contributed by atoms with van der Waals surface area (Å²) in [5, 5.41) is 0. The fourth-order valence-corrected chi connectivity index (χ4v) is 9.01. The Kier molecular flexibility index (Phi) is 65.4. The Labute approximate surface area is 511 Å². The highest BCUT2D eigenvalue weighted by Gasteiger charge is 2.19. The number of rotatable bonds is 60. The van der Waals surface area contributed by atoms with E-state index in [-0.39, 0.29) is 37.5 Å². The van der Waals surface area contributed by atoms with E-state index in [4.69, 9.17) is 14.2 Å². The van der Waals surface area contributed by atoms with Gasteiger partial charge in [0.15, 0.2) is 6.10 Å². The van der Waals surface area contributed by atoms with Crippen LogP contribution < -0.4 is 0 Å². The van der Waals surface area contributed by atoms with Gasteiger partial charge in [-0.05, 0) is 128 Å². The molecule has 0 rings (SSSR count). The highest BCUT2D eigenvalue weighted by Crippen LogP contribution is 2.16. The molecule has 0 radical (unpaired) electrons. The summed E-state index contributed by atoms with van der Waals surface area (Å²) in [6, 6.07) is 0. The van der Waals surface area contributed by atoms with Crippen molar-refractivity contribution in [2.24, 2.45) is 0 Å². The molecule has 1 unspecified atom stereocenters. The molecule has 0 aliphatic heterocycles. The Morgan fingerprint density at radius 2 is 0.470 bits per heavy atom. The Balaban J connectivity index is 4.30. The third-order valence-corrected chi connectivity index (χ3v) is 14.0. The molecule has 0 aromatic rings. The highest BCUT2D eigenvalue weighted by atomic mass is 16.6. The minimum atomic E-state index is -0.808. The molecule has 0 fully saturated rings. The first-order valence-corrected chi connectivity index (χ1v) is 34.0. The topological polar surface area (TPSA) is 78.9 Å². The van der Waals surface area contributed by atoms with E-state index in [0.29, 0.717) is 19.3 Å². The molecule has 0 aliphatic rings. The van der Waals surface area contributed by atoms with Crippen LogP contribution in [0.4, 0.5) is 0 Å². The van der Waals surface area contributed by atoms with Crippen LogP contribution in [-0.2, 0) is 28.6 Å². The van der Waals surface area contributed by atoms with Crippen molar-refractivity contribution >= 4 is 17.9 Å². The lowest BCUT2D eigenvalue weighted by molar-refractivity contribution is -0.167. The number of unbranched alkanes of at least 4 members (excludes halogenated alkanes) is 23. The summed E-state index contributed by atoms with van der Waals surface area (Å²) in [6.07, 6.45) is 101. The Hall–Kier alpha value is -4.97. The summed E-state index contributed by atoms with van der Waals surface area (Å²) >= 11 is 0. The third-order valence-electron chi connectivity index (χ3n) is 14.0. The van der Waals surface area contributed by atoms with Crippen LogP contribution in [0.2, 0.25) is 0 Å². The average molecular weight is 1150 g/mol. The van der Waals surface area contributed by atoms with Gasteiger partial charge >= 0.3 is 17.9 Å². The monoisotopic (exact) mass is 1140 g/mol. The fourth-order valence-electron chi connectivity index (χ4n) is 9.01. The molecular formula is C77H124O6. The molecule has 0 heterocycles. The normalized spacial score (nSPS) is 13.1. The maximum absolute atomic E-state index is 12.9. The summed E-state index contributed by atoms with van der Waals surface area (Å²) < 4.78 is 16.9. The number of carbonyl (C=O) groups is 3. The van der Waals surface area contributed by atoms with Crippen molar-refractivity contribution in [1.29, 1.82) is 0 Å². The molecule has 0 bridgehead atoms. The molecular weight excluding hydrogens is 1020 g/mol. The van der Waals surface area contributed by atoms with Crippen LogP contribution in [0.5, 0.6) is 0 Å². The largest absolute Gasteiger partial charge is 0.462 e. The first-order chi connectivity index (χ1) is 41.0. The SMILES string of the molecule is CC/C=C\C/C=C\C/C=C\C/C=C\C/C=C\C/C=C\C/C=C\CCCCCCCCCCCCCC(=O)OCC(COC(=O)CCCCCCCCCCCCC)OC(=O)CCCC/C=C\C/C=C\C/C=C\C/C=C\C/C=C\C/C=C\CC. The van der Waals surface area contributed by atoms with Gasteiger partial charge in [0.1, 0.15) is 13.2 Å². The fraction of sp³-hybridized carbons (Fsp3) is 0.623. The molecule has 0 aromatic heterocycles. The van der Waals surface area contributed by atoms with Crippen molar-refractivity contribution in [2.45, 2.75) is 297 Å². The Bertz CT molecular complexity index is 1840. The van der Waals surface area contributed by atoms with E-state index in [1.807, 2.05) is 0 Å². The van der Waals surface area contributed by atoms with E-state index in [2.05, 4.69) is 179 Å². The first-order valence-electron chi connectivity index (χ1n) is 34.0. The van der Waals surface area contributed by atoms with Crippen molar-refractivity contribution in [2.75, 3.05) is 13.2 Å². The van der Waals surface area contributed by atoms with Gasteiger partial charge in [-0.3, -0.25) is 14.4 Å². The highest BCUT2D eigenvalue weighted by molar-refractivity contribution is 5.71. The minimum absolute atomic E-state index is 0.0991. The van der Waals surface area contributed by atoms with Crippen LogP contribution in [0.1, 0.15) is 290 Å². The van der Waals surface area contributed by atoms with Crippen molar-refractivity contribution in [1.82, 2.24) is 0 Å². The van der Waals surface area contributed by atoms with Gasteiger partial charge in [0.2, 0.25) is 0 Å². The molecule has 0 spiro atoms. The molecule has 0 saturated carbocycles. The number of ether oxygens (including phenoxy) is 3. The molecule has 83 heavy (non-hydrogen) atoms. The van der Waals surface area contributed by atoms with Gasteiger partial charge in [-0.15, -0.1) is 0 Å². The molecule has 0 amide bonds. The summed E-state index contributed by atoms with van der Waals surface area (Å²) in [4.78, 5) is 38.3. The molecule has 0 aromatic carbocycles. The van der Waals surface area contributed by atoms with E-state index in [9.17, 15) is 14.4 Å². The molecule has 1 atom stereocenters. The zero-order valence-electron chi connectivity index (χ0n) is 53.7. The summed E-state index contributed by atoms with van der Waals surface area (Å²) in [7, 11) is 0. The third kappa shape index (κ3) is 67.7. The van der Waals surface area contributed by atoms with E-state index in [1.54, 1.807) is 0 Å². The van der Waals surface area contributed by atoms with Gasteiger partial charge in [-0.25, -0.2) is 0 Å². The summed E-state index contributed by atoms with van der Waals surface area (Å²) in [5.41, 5.74) is 0. The van der Waals surface area contributed by atoms with Gasteiger partial charge < -0.3 is 14.2 Å². The van der Waals surface area contributed by atoms with Crippen LogP contribution >= 0.6 is 0 Å². The smallest absolute Gasteiger partial charge is 0.306 e. The van der Waals surface area contributed by atoms with Crippen molar-refractivity contribution in [3.8, 4) is 0 Å². The van der Waals surface area contributed by atoms with Crippen LogP contribution in [0.15, 0.2) is 158 Å². The van der Waals surface area contributed by atoms with E-state index < -0.39 is 6.10 Å². The molecule has 6 nitrogen and oxygen atoms in total. The predicted molar refractivity (Wildman–Crippen MR) is 362 cm³/mol. The van der Waals surface area contributed by atoms with Crippen molar-refractivity contribution < 1.29 is 28.6 Å². The second-order valence-corrected chi connectivity index (χ2v) is 22.0. The first kappa shape index (κ1) is 78.0. The van der Waals surface area contributed by atoms with Gasteiger partial charge in [0.25, 0.3) is 0 Å². The lowest BCUT2D eigenvalue weighted by Gasteiger charge is -2.18. The van der Waals surface area contributed by atoms with E-state index in [1.165, 1.54) is 109 Å². The molecule has 468 valence electrons. The lowest BCUT2D eigenvalue weighted by atomic mass is 10.0. The predicted octanol–water partition coefficient (Wildman–Crippen LogP) is 23.7. The molecule has 0 aliphatic carbocycles. The summed E-state index contributed by atoms with van der Waals surface area (Å²) in [6.45, 7) is 6.37. The van der Waals surface area contributed by atoms with Gasteiger partial charge in [0.05, 0.1) is 0 Å². The molecule has 6 heteroatoms. The molecule has 0 N–H and O–H groups in total. The van der Waals surface area contributed by atoms with Gasteiger partial charge in [-0.1, -0.05) is 301 Å².